The van der Waals surface area contributed by atoms with Crippen LogP contribution in [0.25, 0.3) is 0 Å². The summed E-state index contributed by atoms with van der Waals surface area (Å²) in [5.41, 5.74) is 0.402. The van der Waals surface area contributed by atoms with Crippen molar-refractivity contribution in [3.63, 3.8) is 0 Å². The Balaban J connectivity index is 3.19. The highest BCUT2D eigenvalue weighted by molar-refractivity contribution is 5.95. The number of carbonyl (C=O) groups excluding carboxylic acids is 2. The van der Waals surface area contributed by atoms with Crippen LogP contribution in [0.4, 0.5) is 5.69 Å². The van der Waals surface area contributed by atoms with Gasteiger partial charge >= 0.3 is 5.97 Å². The van der Waals surface area contributed by atoms with Gasteiger partial charge in [-0.2, -0.15) is 4.99 Å². The van der Waals surface area contributed by atoms with Gasteiger partial charge in [-0.15, -0.1) is 0 Å². The zero-order valence-corrected chi connectivity index (χ0v) is 9.02. The molecule has 84 valence electrons. The minimum Gasteiger partial charge on any atom is -0.497 e. The van der Waals surface area contributed by atoms with Gasteiger partial charge in [-0.25, -0.2) is 9.59 Å². The monoisotopic (exact) mass is 221 g/mol. The standard InChI is InChI=1S/C11H11NO4/c1-3-16-11(14)9-6-8(15-2)4-5-10(9)12-7-13/h4-6H,3H2,1-2H3. The van der Waals surface area contributed by atoms with Crippen LogP contribution >= 0.6 is 0 Å². The third-order valence-electron chi connectivity index (χ3n) is 1.87. The molecule has 0 fully saturated rings. The summed E-state index contributed by atoms with van der Waals surface area (Å²) < 4.78 is 9.80. The van der Waals surface area contributed by atoms with Crippen LogP contribution in [0.15, 0.2) is 23.2 Å². The molecule has 0 saturated carbocycles. The number of hydrogen-bond acceptors (Lipinski definition) is 5. The quantitative estimate of drug-likeness (QED) is 0.442. The van der Waals surface area contributed by atoms with Gasteiger partial charge in [0.25, 0.3) is 0 Å². The summed E-state index contributed by atoms with van der Waals surface area (Å²) in [5.74, 6) is -0.0525. The molecule has 0 spiro atoms. The topological polar surface area (TPSA) is 65.0 Å². The average molecular weight is 221 g/mol. The van der Waals surface area contributed by atoms with E-state index in [0.717, 1.165) is 0 Å². The Kier molecular flexibility index (Phi) is 4.24. The highest BCUT2D eigenvalue weighted by atomic mass is 16.5. The van der Waals surface area contributed by atoms with Crippen molar-refractivity contribution >= 4 is 17.7 Å². The van der Waals surface area contributed by atoms with Crippen LogP contribution in [0.5, 0.6) is 5.75 Å². The lowest BCUT2D eigenvalue weighted by molar-refractivity contribution is 0.0527. The van der Waals surface area contributed by atoms with Crippen LogP contribution in [0.1, 0.15) is 17.3 Å². The van der Waals surface area contributed by atoms with E-state index in [-0.39, 0.29) is 17.9 Å². The van der Waals surface area contributed by atoms with E-state index in [9.17, 15) is 9.59 Å². The maximum Gasteiger partial charge on any atom is 0.340 e. The summed E-state index contributed by atoms with van der Waals surface area (Å²) in [7, 11) is 1.48. The summed E-state index contributed by atoms with van der Waals surface area (Å²) in [4.78, 5) is 25.2. The maximum absolute atomic E-state index is 11.5. The Hall–Kier alpha value is -2.13. The van der Waals surface area contributed by atoms with Gasteiger partial charge in [0.1, 0.15) is 5.75 Å². The molecular weight excluding hydrogens is 210 g/mol. The number of ether oxygens (including phenoxy) is 2. The second kappa shape index (κ2) is 5.68. The highest BCUT2D eigenvalue weighted by Gasteiger charge is 2.13. The minimum atomic E-state index is -0.546. The second-order valence-electron chi connectivity index (χ2n) is 2.81. The maximum atomic E-state index is 11.5. The van der Waals surface area contributed by atoms with E-state index in [1.165, 1.54) is 25.3 Å². The molecule has 0 aromatic heterocycles. The summed E-state index contributed by atoms with van der Waals surface area (Å²) in [5, 5.41) is 0. The normalized spacial score (nSPS) is 9.12. The zero-order chi connectivity index (χ0) is 12.0. The molecule has 0 N–H and O–H groups in total. The van der Waals surface area contributed by atoms with E-state index >= 15 is 0 Å². The Bertz CT molecular complexity index is 436. The van der Waals surface area contributed by atoms with Crippen molar-refractivity contribution in [3.05, 3.63) is 23.8 Å². The molecule has 0 aliphatic rings. The average Bonchev–Trinajstić information content (AvgIpc) is 2.30. The van der Waals surface area contributed by atoms with Crippen LogP contribution in [0.3, 0.4) is 0 Å². The smallest absolute Gasteiger partial charge is 0.340 e. The van der Waals surface area contributed by atoms with Crippen LogP contribution in [0.2, 0.25) is 0 Å². The summed E-state index contributed by atoms with van der Waals surface area (Å²) in [6.45, 7) is 1.95. The third-order valence-corrected chi connectivity index (χ3v) is 1.87. The highest BCUT2D eigenvalue weighted by Crippen LogP contribution is 2.24. The number of hydrogen-bond donors (Lipinski definition) is 0. The van der Waals surface area contributed by atoms with Crippen LogP contribution in [-0.2, 0) is 9.53 Å². The summed E-state index contributed by atoms with van der Waals surface area (Å²) in [6.07, 6.45) is 1.39. The first-order chi connectivity index (χ1) is 7.72. The Labute approximate surface area is 92.7 Å². The van der Waals surface area contributed by atoms with E-state index in [2.05, 4.69) is 4.99 Å². The minimum absolute atomic E-state index is 0.185. The van der Waals surface area contributed by atoms with Gasteiger partial charge < -0.3 is 9.47 Å². The number of rotatable bonds is 4. The molecule has 1 aromatic carbocycles. The molecule has 0 unspecified atom stereocenters. The van der Waals surface area contributed by atoms with Crippen LogP contribution in [-0.4, -0.2) is 25.8 Å². The molecule has 0 aliphatic carbocycles. The third kappa shape index (κ3) is 2.68. The van der Waals surface area contributed by atoms with Crippen molar-refractivity contribution in [3.8, 4) is 5.75 Å². The van der Waals surface area contributed by atoms with Crippen molar-refractivity contribution in [1.82, 2.24) is 0 Å². The molecular formula is C11H11NO4. The van der Waals surface area contributed by atoms with Crippen molar-refractivity contribution in [2.45, 2.75) is 6.92 Å². The van der Waals surface area contributed by atoms with Gasteiger partial charge in [0, 0.05) is 0 Å². The Morgan fingerprint density at radius 1 is 1.50 bits per heavy atom. The van der Waals surface area contributed by atoms with E-state index in [0.29, 0.717) is 5.75 Å². The first kappa shape index (κ1) is 11.9. The number of benzene rings is 1. The van der Waals surface area contributed by atoms with Crippen molar-refractivity contribution in [2.75, 3.05) is 13.7 Å². The second-order valence-corrected chi connectivity index (χ2v) is 2.81. The van der Waals surface area contributed by atoms with Gasteiger partial charge in [-0.1, -0.05) is 0 Å². The molecule has 5 heteroatoms. The molecule has 5 nitrogen and oxygen atoms in total. The fourth-order valence-electron chi connectivity index (χ4n) is 1.16. The molecule has 0 radical (unpaired) electrons. The molecule has 0 amide bonds. The number of nitrogens with zero attached hydrogens (tertiary/aromatic N) is 1. The molecule has 1 rings (SSSR count). The van der Waals surface area contributed by atoms with Gasteiger partial charge in [-0.05, 0) is 25.1 Å². The predicted octanol–water partition coefficient (Wildman–Crippen LogP) is 1.84. The first-order valence-electron chi connectivity index (χ1n) is 4.66. The molecule has 0 saturated heterocycles. The molecule has 0 atom stereocenters. The van der Waals surface area contributed by atoms with Gasteiger partial charge in [0.15, 0.2) is 0 Å². The number of methoxy groups -OCH3 is 1. The molecule has 16 heavy (non-hydrogen) atoms. The van der Waals surface area contributed by atoms with Crippen LogP contribution < -0.4 is 4.74 Å². The van der Waals surface area contributed by atoms with E-state index < -0.39 is 5.97 Å². The Morgan fingerprint density at radius 3 is 2.81 bits per heavy atom. The molecule has 0 aliphatic heterocycles. The van der Waals surface area contributed by atoms with E-state index in [1.54, 1.807) is 13.0 Å². The van der Waals surface area contributed by atoms with Crippen molar-refractivity contribution in [2.24, 2.45) is 4.99 Å². The number of esters is 1. The van der Waals surface area contributed by atoms with Gasteiger partial charge in [0.2, 0.25) is 6.08 Å². The fraction of sp³-hybridized carbons (Fsp3) is 0.273. The van der Waals surface area contributed by atoms with E-state index in [4.69, 9.17) is 9.47 Å². The van der Waals surface area contributed by atoms with Crippen LogP contribution in [0, 0.1) is 0 Å². The number of carbonyl (C=O) groups is 1. The summed E-state index contributed by atoms with van der Waals surface area (Å²) >= 11 is 0. The lowest BCUT2D eigenvalue weighted by atomic mass is 10.1. The molecule has 1 aromatic rings. The Morgan fingerprint density at radius 2 is 2.25 bits per heavy atom. The fourth-order valence-corrected chi connectivity index (χ4v) is 1.16. The van der Waals surface area contributed by atoms with Crippen molar-refractivity contribution in [1.29, 1.82) is 0 Å². The van der Waals surface area contributed by atoms with Crippen molar-refractivity contribution < 1.29 is 19.1 Å². The molecule has 0 heterocycles. The SMILES string of the molecule is CCOC(=O)c1cc(OC)ccc1N=C=O. The first-order valence-corrected chi connectivity index (χ1v) is 4.66. The largest absolute Gasteiger partial charge is 0.497 e. The number of aliphatic imine (C=N–C) groups is 1. The van der Waals surface area contributed by atoms with Gasteiger partial charge in [-0.3, -0.25) is 0 Å². The number of isocyanates is 1. The lowest BCUT2D eigenvalue weighted by Gasteiger charge is -2.06. The lowest BCUT2D eigenvalue weighted by Crippen LogP contribution is -2.05. The van der Waals surface area contributed by atoms with Gasteiger partial charge in [0.05, 0.1) is 25.0 Å². The predicted molar refractivity (Wildman–Crippen MR) is 56.7 cm³/mol. The molecule has 0 bridgehead atoms. The summed E-state index contributed by atoms with van der Waals surface area (Å²) in [6, 6.07) is 4.56. The zero-order valence-electron chi connectivity index (χ0n) is 9.02. The van der Waals surface area contributed by atoms with E-state index in [1.807, 2.05) is 0 Å².